The standard InChI is InChI=1S/C16H25N3O/c20-13-14-12-17-7-4-16(14)19-10-5-15(6-11-19)18-8-2-1-3-9-18/h4,7,12,15,20H,1-3,5-6,8-11,13H2. The van der Waals surface area contributed by atoms with Gasteiger partial charge in [0.05, 0.1) is 6.61 Å². The summed E-state index contributed by atoms with van der Waals surface area (Å²) >= 11 is 0. The summed E-state index contributed by atoms with van der Waals surface area (Å²) in [5.41, 5.74) is 2.11. The van der Waals surface area contributed by atoms with Crippen LogP contribution in [0.15, 0.2) is 18.5 Å². The highest BCUT2D eigenvalue weighted by molar-refractivity contribution is 5.52. The van der Waals surface area contributed by atoms with Crippen molar-refractivity contribution in [2.75, 3.05) is 31.1 Å². The molecule has 0 aliphatic carbocycles. The summed E-state index contributed by atoms with van der Waals surface area (Å²) in [6, 6.07) is 2.80. The zero-order valence-electron chi connectivity index (χ0n) is 12.2. The monoisotopic (exact) mass is 275 g/mol. The normalized spacial score (nSPS) is 22.1. The van der Waals surface area contributed by atoms with Crippen molar-refractivity contribution in [3.8, 4) is 0 Å². The number of nitrogens with zero attached hydrogens (tertiary/aromatic N) is 3. The van der Waals surface area contributed by atoms with Gasteiger partial charge in [0.25, 0.3) is 0 Å². The minimum Gasteiger partial charge on any atom is -0.392 e. The molecule has 1 aromatic heterocycles. The van der Waals surface area contributed by atoms with Gasteiger partial charge < -0.3 is 14.9 Å². The lowest BCUT2D eigenvalue weighted by atomic mass is 9.99. The third-order valence-corrected chi connectivity index (χ3v) is 4.76. The molecule has 2 fully saturated rings. The third-order valence-electron chi connectivity index (χ3n) is 4.76. The van der Waals surface area contributed by atoms with Crippen LogP contribution in [0.1, 0.15) is 37.7 Å². The second-order valence-electron chi connectivity index (χ2n) is 5.98. The van der Waals surface area contributed by atoms with Gasteiger partial charge in [0.2, 0.25) is 0 Å². The van der Waals surface area contributed by atoms with E-state index >= 15 is 0 Å². The lowest BCUT2D eigenvalue weighted by Crippen LogP contribution is -2.46. The van der Waals surface area contributed by atoms with Crippen molar-refractivity contribution < 1.29 is 5.11 Å². The molecule has 1 aromatic rings. The quantitative estimate of drug-likeness (QED) is 0.916. The fraction of sp³-hybridized carbons (Fsp3) is 0.688. The summed E-state index contributed by atoms with van der Waals surface area (Å²) in [7, 11) is 0. The zero-order valence-corrected chi connectivity index (χ0v) is 12.2. The first-order valence-electron chi connectivity index (χ1n) is 7.91. The van der Waals surface area contributed by atoms with Crippen molar-refractivity contribution >= 4 is 5.69 Å². The van der Waals surface area contributed by atoms with Crippen molar-refractivity contribution in [3.05, 3.63) is 24.0 Å². The van der Waals surface area contributed by atoms with Crippen molar-refractivity contribution in [2.45, 2.75) is 44.8 Å². The molecule has 0 bridgehead atoms. The van der Waals surface area contributed by atoms with Gasteiger partial charge in [0.15, 0.2) is 0 Å². The van der Waals surface area contributed by atoms with E-state index < -0.39 is 0 Å². The van der Waals surface area contributed by atoms with E-state index in [2.05, 4.69) is 14.8 Å². The summed E-state index contributed by atoms with van der Waals surface area (Å²) in [6.07, 6.45) is 10.3. The highest BCUT2D eigenvalue weighted by Crippen LogP contribution is 2.26. The van der Waals surface area contributed by atoms with Crippen molar-refractivity contribution in [1.29, 1.82) is 0 Å². The molecule has 4 nitrogen and oxygen atoms in total. The average molecular weight is 275 g/mol. The highest BCUT2D eigenvalue weighted by atomic mass is 16.3. The topological polar surface area (TPSA) is 39.6 Å². The Kier molecular flexibility index (Phi) is 4.53. The number of piperidine rings is 2. The van der Waals surface area contributed by atoms with Crippen LogP contribution in [0.2, 0.25) is 0 Å². The van der Waals surface area contributed by atoms with Crippen LogP contribution >= 0.6 is 0 Å². The molecule has 2 saturated heterocycles. The van der Waals surface area contributed by atoms with Crippen LogP contribution in [-0.2, 0) is 6.61 Å². The molecule has 2 aliphatic rings. The molecular formula is C16H25N3O. The van der Waals surface area contributed by atoms with Gasteiger partial charge in [-0.3, -0.25) is 4.98 Å². The van der Waals surface area contributed by atoms with E-state index in [1.165, 1.54) is 50.9 Å². The average Bonchev–Trinajstić information content (AvgIpc) is 2.56. The van der Waals surface area contributed by atoms with Crippen molar-refractivity contribution in [3.63, 3.8) is 0 Å². The summed E-state index contributed by atoms with van der Waals surface area (Å²) in [6.45, 7) is 4.86. The first-order valence-corrected chi connectivity index (χ1v) is 7.91. The predicted octanol–water partition coefficient (Wildman–Crippen LogP) is 2.03. The highest BCUT2D eigenvalue weighted by Gasteiger charge is 2.26. The van der Waals surface area contributed by atoms with Crippen molar-refractivity contribution in [1.82, 2.24) is 9.88 Å². The number of rotatable bonds is 3. The van der Waals surface area contributed by atoms with Gasteiger partial charge in [-0.2, -0.15) is 0 Å². The van der Waals surface area contributed by atoms with Crippen molar-refractivity contribution in [2.24, 2.45) is 0 Å². The lowest BCUT2D eigenvalue weighted by molar-refractivity contribution is 0.141. The number of aromatic nitrogens is 1. The smallest absolute Gasteiger partial charge is 0.0717 e. The summed E-state index contributed by atoms with van der Waals surface area (Å²) < 4.78 is 0. The van der Waals surface area contributed by atoms with E-state index in [0.29, 0.717) is 0 Å². The van der Waals surface area contributed by atoms with Crippen LogP contribution in [0.4, 0.5) is 5.69 Å². The summed E-state index contributed by atoms with van der Waals surface area (Å²) in [5.74, 6) is 0. The number of aliphatic hydroxyl groups excluding tert-OH is 1. The minimum absolute atomic E-state index is 0.0786. The molecule has 0 atom stereocenters. The number of hydrogen-bond donors (Lipinski definition) is 1. The third kappa shape index (κ3) is 2.96. The molecule has 0 aromatic carbocycles. The number of hydrogen-bond acceptors (Lipinski definition) is 4. The molecule has 0 radical (unpaired) electrons. The SMILES string of the molecule is OCc1cnccc1N1CCC(N2CCCCC2)CC1. The lowest BCUT2D eigenvalue weighted by Gasteiger charge is -2.41. The molecule has 0 amide bonds. The van der Waals surface area contributed by atoms with E-state index in [9.17, 15) is 5.11 Å². The van der Waals surface area contributed by atoms with E-state index in [-0.39, 0.29) is 6.61 Å². The maximum Gasteiger partial charge on any atom is 0.0717 e. The molecule has 1 N–H and O–H groups in total. The van der Waals surface area contributed by atoms with Gasteiger partial charge in [-0.05, 0) is 44.8 Å². The van der Waals surface area contributed by atoms with Crippen LogP contribution in [-0.4, -0.2) is 47.2 Å². The number of pyridine rings is 1. The Balaban J connectivity index is 1.60. The van der Waals surface area contributed by atoms with E-state index in [0.717, 1.165) is 24.7 Å². The second-order valence-corrected chi connectivity index (χ2v) is 5.98. The van der Waals surface area contributed by atoms with E-state index in [1.54, 1.807) is 6.20 Å². The van der Waals surface area contributed by atoms with E-state index in [4.69, 9.17) is 0 Å². The van der Waals surface area contributed by atoms with Gasteiger partial charge in [-0.1, -0.05) is 6.42 Å². The van der Waals surface area contributed by atoms with Gasteiger partial charge in [-0.15, -0.1) is 0 Å². The van der Waals surface area contributed by atoms with Gasteiger partial charge >= 0.3 is 0 Å². The fourth-order valence-corrected chi connectivity index (χ4v) is 3.61. The van der Waals surface area contributed by atoms with Crippen LogP contribution in [0.3, 0.4) is 0 Å². The maximum absolute atomic E-state index is 9.43. The Morgan fingerprint density at radius 3 is 2.55 bits per heavy atom. The maximum atomic E-state index is 9.43. The summed E-state index contributed by atoms with van der Waals surface area (Å²) in [5, 5.41) is 9.43. The molecule has 110 valence electrons. The van der Waals surface area contributed by atoms with Gasteiger partial charge in [0, 0.05) is 42.8 Å². The Morgan fingerprint density at radius 1 is 1.10 bits per heavy atom. The summed E-state index contributed by atoms with van der Waals surface area (Å²) in [4.78, 5) is 9.21. The molecule has 4 heteroatoms. The molecule has 3 heterocycles. The van der Waals surface area contributed by atoms with E-state index in [1.807, 2.05) is 12.3 Å². The van der Waals surface area contributed by atoms with Crippen LogP contribution < -0.4 is 4.90 Å². The zero-order chi connectivity index (χ0) is 13.8. The molecule has 0 saturated carbocycles. The first kappa shape index (κ1) is 13.8. The van der Waals surface area contributed by atoms with Crippen LogP contribution in [0, 0.1) is 0 Å². The molecule has 3 rings (SSSR count). The van der Waals surface area contributed by atoms with Crippen LogP contribution in [0.25, 0.3) is 0 Å². The number of anilines is 1. The Bertz CT molecular complexity index is 423. The van der Waals surface area contributed by atoms with Gasteiger partial charge in [0.1, 0.15) is 0 Å². The number of aliphatic hydroxyl groups is 1. The molecular weight excluding hydrogens is 250 g/mol. The number of likely N-dealkylation sites (tertiary alicyclic amines) is 1. The first-order chi connectivity index (χ1) is 9.88. The molecule has 2 aliphatic heterocycles. The fourth-order valence-electron chi connectivity index (χ4n) is 3.61. The van der Waals surface area contributed by atoms with Crippen LogP contribution in [0.5, 0.6) is 0 Å². The Morgan fingerprint density at radius 2 is 1.85 bits per heavy atom. The largest absolute Gasteiger partial charge is 0.392 e. The minimum atomic E-state index is 0.0786. The van der Waals surface area contributed by atoms with Gasteiger partial charge in [-0.25, -0.2) is 0 Å². The molecule has 0 spiro atoms. The molecule has 0 unspecified atom stereocenters. The molecule has 20 heavy (non-hydrogen) atoms. The Hall–Kier alpha value is -1.13. The Labute approximate surface area is 121 Å². The predicted molar refractivity (Wildman–Crippen MR) is 80.8 cm³/mol. The second kappa shape index (κ2) is 6.55.